The van der Waals surface area contributed by atoms with Crippen LogP contribution in [0, 0.1) is 12.8 Å². The molecule has 0 spiro atoms. The average molecular weight is 203 g/mol. The van der Waals surface area contributed by atoms with E-state index in [0.29, 0.717) is 0 Å². The highest BCUT2D eigenvalue weighted by Gasteiger charge is 2.19. The number of rotatable bonds is 3. The Morgan fingerprint density at radius 3 is 2.60 bits per heavy atom. The molecule has 0 aliphatic heterocycles. The van der Waals surface area contributed by atoms with E-state index in [0.717, 1.165) is 5.92 Å². The number of hydrogen-bond acceptors (Lipinski definition) is 1. The van der Waals surface area contributed by atoms with Gasteiger partial charge in [-0.2, -0.15) is 0 Å². The van der Waals surface area contributed by atoms with E-state index in [2.05, 4.69) is 31.2 Å². The van der Waals surface area contributed by atoms with Crippen LogP contribution in [0.3, 0.4) is 0 Å². The van der Waals surface area contributed by atoms with E-state index in [-0.39, 0.29) is 6.04 Å². The second-order valence-corrected chi connectivity index (χ2v) is 4.85. The normalized spacial score (nSPS) is 19.3. The van der Waals surface area contributed by atoms with E-state index in [9.17, 15) is 0 Å². The fraction of sp³-hybridized carbons (Fsp3) is 0.571. The zero-order valence-corrected chi connectivity index (χ0v) is 9.58. The van der Waals surface area contributed by atoms with Gasteiger partial charge in [-0.15, -0.1) is 0 Å². The predicted molar refractivity (Wildman–Crippen MR) is 64.7 cm³/mol. The minimum atomic E-state index is 0.245. The molecule has 1 heteroatoms. The highest BCUT2D eigenvalue weighted by atomic mass is 14.6. The van der Waals surface area contributed by atoms with Crippen LogP contribution in [0.15, 0.2) is 24.3 Å². The molecule has 1 aromatic rings. The summed E-state index contributed by atoms with van der Waals surface area (Å²) in [4.78, 5) is 0. The van der Waals surface area contributed by atoms with Crippen LogP contribution in [0.25, 0.3) is 0 Å². The molecule has 0 saturated heterocycles. The van der Waals surface area contributed by atoms with Crippen LogP contribution >= 0.6 is 0 Å². The third kappa shape index (κ3) is 2.60. The van der Waals surface area contributed by atoms with Crippen LogP contribution in [0.4, 0.5) is 0 Å². The van der Waals surface area contributed by atoms with Gasteiger partial charge >= 0.3 is 0 Å². The van der Waals surface area contributed by atoms with Gasteiger partial charge in [0, 0.05) is 6.04 Å². The number of hydrogen-bond donors (Lipinski definition) is 1. The van der Waals surface area contributed by atoms with Crippen molar-refractivity contribution < 1.29 is 0 Å². The molecule has 0 heterocycles. The maximum Gasteiger partial charge on any atom is 0.0300 e. The van der Waals surface area contributed by atoms with Gasteiger partial charge in [0.2, 0.25) is 0 Å². The first kappa shape index (κ1) is 10.7. The van der Waals surface area contributed by atoms with Gasteiger partial charge in [-0.05, 0) is 30.4 Å². The Morgan fingerprint density at radius 2 is 1.93 bits per heavy atom. The summed E-state index contributed by atoms with van der Waals surface area (Å²) in [5.41, 5.74) is 8.95. The summed E-state index contributed by atoms with van der Waals surface area (Å²) in [6.07, 6.45) is 6.76. The van der Waals surface area contributed by atoms with Crippen molar-refractivity contribution in [2.24, 2.45) is 11.7 Å². The zero-order chi connectivity index (χ0) is 10.7. The van der Waals surface area contributed by atoms with E-state index in [1.807, 2.05) is 0 Å². The van der Waals surface area contributed by atoms with Crippen LogP contribution in [0.2, 0.25) is 0 Å². The number of aryl methyl sites for hydroxylation is 1. The molecule has 0 bridgehead atoms. The summed E-state index contributed by atoms with van der Waals surface area (Å²) in [6.45, 7) is 2.16. The van der Waals surface area contributed by atoms with Crippen molar-refractivity contribution in [3.63, 3.8) is 0 Å². The predicted octanol–water partition coefficient (Wildman–Crippen LogP) is 3.58. The van der Waals surface area contributed by atoms with Crippen molar-refractivity contribution in [2.75, 3.05) is 0 Å². The second kappa shape index (κ2) is 4.80. The van der Waals surface area contributed by atoms with Gasteiger partial charge in [0.1, 0.15) is 0 Å². The van der Waals surface area contributed by atoms with Crippen molar-refractivity contribution in [1.29, 1.82) is 0 Å². The molecule has 2 rings (SSSR count). The van der Waals surface area contributed by atoms with Gasteiger partial charge in [0.05, 0.1) is 0 Å². The quantitative estimate of drug-likeness (QED) is 0.798. The molecule has 0 aromatic heterocycles. The molecule has 1 aliphatic carbocycles. The summed E-state index contributed by atoms with van der Waals surface area (Å²) >= 11 is 0. The summed E-state index contributed by atoms with van der Waals surface area (Å²) in [6, 6.07) is 8.76. The molecule has 0 radical (unpaired) electrons. The fourth-order valence-corrected chi connectivity index (χ4v) is 2.73. The lowest BCUT2D eigenvalue weighted by molar-refractivity contribution is 0.450. The Hall–Kier alpha value is -0.820. The highest BCUT2D eigenvalue weighted by molar-refractivity contribution is 5.28. The molecule has 15 heavy (non-hydrogen) atoms. The minimum absolute atomic E-state index is 0.245. The first-order chi connectivity index (χ1) is 7.27. The van der Waals surface area contributed by atoms with Crippen LogP contribution < -0.4 is 5.73 Å². The molecule has 1 saturated carbocycles. The lowest BCUT2D eigenvalue weighted by Crippen LogP contribution is -2.15. The Morgan fingerprint density at radius 1 is 1.27 bits per heavy atom. The Balaban J connectivity index is 2.00. The molecular weight excluding hydrogens is 182 g/mol. The summed E-state index contributed by atoms with van der Waals surface area (Å²) in [5.74, 6) is 0.875. The third-order valence-electron chi connectivity index (χ3n) is 3.65. The number of benzene rings is 1. The van der Waals surface area contributed by atoms with E-state index in [1.165, 1.54) is 43.2 Å². The van der Waals surface area contributed by atoms with E-state index < -0.39 is 0 Å². The van der Waals surface area contributed by atoms with Gasteiger partial charge < -0.3 is 5.73 Å². The summed E-state index contributed by atoms with van der Waals surface area (Å²) in [7, 11) is 0. The maximum absolute atomic E-state index is 6.28. The first-order valence-corrected chi connectivity index (χ1v) is 6.08. The van der Waals surface area contributed by atoms with Crippen LogP contribution in [0.5, 0.6) is 0 Å². The second-order valence-electron chi connectivity index (χ2n) is 4.85. The lowest BCUT2D eigenvalue weighted by atomic mass is 9.92. The molecule has 1 unspecified atom stereocenters. The van der Waals surface area contributed by atoms with Crippen molar-refractivity contribution in [3.05, 3.63) is 35.4 Å². The SMILES string of the molecule is Cc1ccccc1C(N)CC1CCCC1. The van der Waals surface area contributed by atoms with Gasteiger partial charge in [-0.1, -0.05) is 49.9 Å². The topological polar surface area (TPSA) is 26.0 Å². The monoisotopic (exact) mass is 203 g/mol. The third-order valence-corrected chi connectivity index (χ3v) is 3.65. The van der Waals surface area contributed by atoms with Crippen molar-refractivity contribution in [2.45, 2.75) is 45.1 Å². The molecular formula is C14H21N. The molecule has 1 aromatic carbocycles. The molecule has 1 nitrogen and oxygen atoms in total. The van der Waals surface area contributed by atoms with Crippen molar-refractivity contribution in [1.82, 2.24) is 0 Å². The van der Waals surface area contributed by atoms with Gasteiger partial charge in [0.25, 0.3) is 0 Å². The largest absolute Gasteiger partial charge is 0.324 e. The van der Waals surface area contributed by atoms with Gasteiger partial charge in [-0.25, -0.2) is 0 Å². The fourth-order valence-electron chi connectivity index (χ4n) is 2.73. The highest BCUT2D eigenvalue weighted by Crippen LogP contribution is 2.32. The smallest absolute Gasteiger partial charge is 0.0300 e. The molecule has 2 N–H and O–H groups in total. The summed E-state index contributed by atoms with van der Waals surface area (Å²) in [5, 5.41) is 0. The summed E-state index contributed by atoms with van der Waals surface area (Å²) < 4.78 is 0. The van der Waals surface area contributed by atoms with Gasteiger partial charge in [-0.3, -0.25) is 0 Å². The molecule has 1 fully saturated rings. The van der Waals surface area contributed by atoms with E-state index >= 15 is 0 Å². The van der Waals surface area contributed by atoms with Crippen LogP contribution in [-0.2, 0) is 0 Å². The standard InChI is InChI=1S/C14H21N/c1-11-6-2-5-9-13(11)14(15)10-12-7-3-4-8-12/h2,5-6,9,12,14H,3-4,7-8,10,15H2,1H3. The Labute approximate surface area is 92.7 Å². The first-order valence-electron chi connectivity index (χ1n) is 6.08. The van der Waals surface area contributed by atoms with Gasteiger partial charge in [0.15, 0.2) is 0 Å². The maximum atomic E-state index is 6.28. The van der Waals surface area contributed by atoms with Crippen LogP contribution in [0.1, 0.15) is 49.3 Å². The molecule has 0 amide bonds. The van der Waals surface area contributed by atoms with E-state index in [4.69, 9.17) is 5.73 Å². The minimum Gasteiger partial charge on any atom is -0.324 e. The Kier molecular flexibility index (Phi) is 3.42. The van der Waals surface area contributed by atoms with Crippen molar-refractivity contribution in [3.8, 4) is 0 Å². The lowest BCUT2D eigenvalue weighted by Gasteiger charge is -2.18. The van der Waals surface area contributed by atoms with E-state index in [1.54, 1.807) is 0 Å². The number of nitrogens with two attached hydrogens (primary N) is 1. The molecule has 1 aliphatic rings. The van der Waals surface area contributed by atoms with Crippen molar-refractivity contribution >= 4 is 0 Å². The molecule has 1 atom stereocenters. The zero-order valence-electron chi connectivity index (χ0n) is 9.58. The average Bonchev–Trinajstić information content (AvgIpc) is 2.71. The Bertz CT molecular complexity index is 313. The molecule has 82 valence electrons. The van der Waals surface area contributed by atoms with Crippen LogP contribution in [-0.4, -0.2) is 0 Å².